The van der Waals surface area contributed by atoms with Crippen molar-refractivity contribution in [1.82, 2.24) is 10.2 Å². The van der Waals surface area contributed by atoms with Crippen LogP contribution in [-0.4, -0.2) is 34.1 Å². The highest BCUT2D eigenvalue weighted by Gasteiger charge is 2.19. The van der Waals surface area contributed by atoms with Gasteiger partial charge in [-0.15, -0.1) is 0 Å². The number of nitrogens with zero attached hydrogens (tertiary/aromatic N) is 1. The Morgan fingerprint density at radius 2 is 1.60 bits per heavy atom. The van der Waals surface area contributed by atoms with Gasteiger partial charge in [-0.3, -0.25) is 19.2 Å². The molecule has 1 atom stereocenters. The number of aromatic nitrogens is 2. The van der Waals surface area contributed by atoms with Gasteiger partial charge in [0.1, 0.15) is 0 Å². The molecule has 30 heavy (non-hydrogen) atoms. The van der Waals surface area contributed by atoms with Crippen LogP contribution in [-0.2, 0) is 25.5 Å². The van der Waals surface area contributed by atoms with Crippen molar-refractivity contribution in [3.8, 4) is 0 Å². The predicted molar refractivity (Wildman–Crippen MR) is 111 cm³/mol. The number of anilines is 2. The van der Waals surface area contributed by atoms with Crippen molar-refractivity contribution in [3.05, 3.63) is 64.6 Å². The van der Waals surface area contributed by atoms with Crippen LogP contribution in [0, 0.1) is 0 Å². The number of nitrogens with one attached hydrogen (secondary N) is 3. The van der Waals surface area contributed by atoms with Crippen LogP contribution in [0.4, 0.5) is 11.4 Å². The largest absolute Gasteiger partial charge is 0.452 e. The maximum Gasteiger partial charge on any atom is 0.312 e. The van der Waals surface area contributed by atoms with Crippen molar-refractivity contribution < 1.29 is 19.1 Å². The Labute approximate surface area is 171 Å². The van der Waals surface area contributed by atoms with Crippen molar-refractivity contribution in [1.29, 1.82) is 0 Å². The van der Waals surface area contributed by atoms with Gasteiger partial charge in [0.15, 0.2) is 6.10 Å². The van der Waals surface area contributed by atoms with Gasteiger partial charge in [-0.05, 0) is 37.3 Å². The summed E-state index contributed by atoms with van der Waals surface area (Å²) in [6.07, 6.45) is -1.23. The summed E-state index contributed by atoms with van der Waals surface area (Å²) in [7, 11) is 0. The second-order valence-electron chi connectivity index (χ2n) is 6.60. The molecule has 3 rings (SSSR count). The smallest absolute Gasteiger partial charge is 0.312 e. The zero-order valence-electron chi connectivity index (χ0n) is 16.4. The Hall–Kier alpha value is -4.01. The minimum atomic E-state index is -1.04. The summed E-state index contributed by atoms with van der Waals surface area (Å²) < 4.78 is 5.20. The van der Waals surface area contributed by atoms with Crippen LogP contribution in [0.15, 0.2) is 53.3 Å². The molecular formula is C21H20N4O5. The lowest BCUT2D eigenvalue weighted by molar-refractivity contribution is -0.152. The third kappa shape index (κ3) is 5.07. The molecule has 1 aromatic heterocycles. The lowest BCUT2D eigenvalue weighted by Gasteiger charge is -2.14. The third-order valence-electron chi connectivity index (χ3n) is 4.24. The van der Waals surface area contributed by atoms with Gasteiger partial charge in [-0.2, -0.15) is 5.10 Å². The maximum atomic E-state index is 12.3. The van der Waals surface area contributed by atoms with E-state index < -0.39 is 18.0 Å². The van der Waals surface area contributed by atoms with Gasteiger partial charge in [0, 0.05) is 23.7 Å². The molecule has 0 aliphatic rings. The Morgan fingerprint density at radius 1 is 1.00 bits per heavy atom. The molecule has 0 radical (unpaired) electrons. The van der Waals surface area contributed by atoms with Crippen molar-refractivity contribution in [2.45, 2.75) is 26.4 Å². The molecule has 0 bridgehead atoms. The summed E-state index contributed by atoms with van der Waals surface area (Å²) in [5.74, 6) is -1.35. The van der Waals surface area contributed by atoms with E-state index in [2.05, 4.69) is 20.8 Å². The number of carbonyl (C=O) groups is 3. The molecule has 1 heterocycles. The molecule has 3 aromatic rings. The first-order chi connectivity index (χ1) is 14.3. The van der Waals surface area contributed by atoms with Gasteiger partial charge in [0.05, 0.1) is 17.5 Å². The number of benzene rings is 2. The highest BCUT2D eigenvalue weighted by atomic mass is 16.5. The average Bonchev–Trinajstić information content (AvgIpc) is 2.71. The normalized spacial score (nSPS) is 11.5. The monoisotopic (exact) mass is 408 g/mol. The quantitative estimate of drug-likeness (QED) is 0.535. The highest BCUT2D eigenvalue weighted by Crippen LogP contribution is 2.15. The summed E-state index contributed by atoms with van der Waals surface area (Å²) in [6, 6.07) is 13.3. The molecule has 2 aromatic carbocycles. The maximum absolute atomic E-state index is 12.3. The van der Waals surface area contributed by atoms with Crippen LogP contribution in [0.1, 0.15) is 19.5 Å². The van der Waals surface area contributed by atoms with E-state index in [1.807, 2.05) is 0 Å². The highest BCUT2D eigenvalue weighted by molar-refractivity contribution is 5.96. The van der Waals surface area contributed by atoms with Crippen LogP contribution in [0.25, 0.3) is 10.8 Å². The number of amides is 2. The first-order valence-corrected chi connectivity index (χ1v) is 9.18. The van der Waals surface area contributed by atoms with Gasteiger partial charge in [0.2, 0.25) is 5.91 Å². The number of fused-ring (bicyclic) bond motifs is 1. The fraction of sp³-hybridized carbons (Fsp3) is 0.190. The molecule has 0 aliphatic heterocycles. The SMILES string of the molecule is CC(=O)Nc1ccc(NC(=O)[C@H](C)OC(=O)Cc2n[nH]c(=O)c3ccccc23)cc1. The molecule has 0 unspecified atom stereocenters. The number of H-pyrrole nitrogens is 1. The average molecular weight is 408 g/mol. The molecule has 2 amide bonds. The Morgan fingerprint density at radius 3 is 2.23 bits per heavy atom. The molecule has 0 saturated carbocycles. The van der Waals surface area contributed by atoms with Crippen molar-refractivity contribution in [2.75, 3.05) is 10.6 Å². The first-order valence-electron chi connectivity index (χ1n) is 9.18. The zero-order valence-corrected chi connectivity index (χ0v) is 16.4. The fourth-order valence-electron chi connectivity index (χ4n) is 2.82. The Bertz CT molecular complexity index is 1150. The van der Waals surface area contributed by atoms with E-state index in [0.29, 0.717) is 27.8 Å². The molecule has 0 spiro atoms. The predicted octanol–water partition coefficient (Wildman–Crippen LogP) is 1.99. The number of ether oxygens (including phenoxy) is 1. The topological polar surface area (TPSA) is 130 Å². The molecule has 3 N–H and O–H groups in total. The van der Waals surface area contributed by atoms with E-state index in [9.17, 15) is 19.2 Å². The number of hydrogen-bond acceptors (Lipinski definition) is 6. The van der Waals surface area contributed by atoms with Crippen LogP contribution < -0.4 is 16.2 Å². The molecule has 9 nitrogen and oxygen atoms in total. The summed E-state index contributed by atoms with van der Waals surface area (Å²) in [6.45, 7) is 2.86. The number of aromatic amines is 1. The molecule has 0 aliphatic carbocycles. The summed E-state index contributed by atoms with van der Waals surface area (Å²) in [5, 5.41) is 12.5. The molecule has 0 fully saturated rings. The van der Waals surface area contributed by atoms with Crippen LogP contribution in [0.2, 0.25) is 0 Å². The van der Waals surface area contributed by atoms with E-state index in [1.54, 1.807) is 48.5 Å². The molecule has 154 valence electrons. The second kappa shape index (κ2) is 8.99. The number of esters is 1. The van der Waals surface area contributed by atoms with E-state index in [4.69, 9.17) is 4.74 Å². The van der Waals surface area contributed by atoms with Crippen LogP contribution in [0.3, 0.4) is 0 Å². The van der Waals surface area contributed by atoms with Gasteiger partial charge in [0.25, 0.3) is 11.5 Å². The summed E-state index contributed by atoms with van der Waals surface area (Å²) in [5.41, 5.74) is 1.10. The van der Waals surface area contributed by atoms with E-state index in [0.717, 1.165) is 0 Å². The van der Waals surface area contributed by atoms with E-state index in [-0.39, 0.29) is 17.9 Å². The van der Waals surface area contributed by atoms with Gasteiger partial charge in [-0.1, -0.05) is 18.2 Å². The number of rotatable bonds is 6. The van der Waals surface area contributed by atoms with Crippen LogP contribution >= 0.6 is 0 Å². The van der Waals surface area contributed by atoms with Crippen molar-refractivity contribution in [3.63, 3.8) is 0 Å². The molecule has 0 saturated heterocycles. The standard InChI is InChI=1S/C21H20N4O5/c1-12(20(28)23-15-9-7-14(8-10-15)22-13(2)26)30-19(27)11-18-16-5-3-4-6-17(16)21(29)25-24-18/h3-10,12H,11H2,1-2H3,(H,22,26)(H,23,28)(H,25,29)/t12-/m0/s1. The molecular weight excluding hydrogens is 388 g/mol. The number of carbonyl (C=O) groups excluding carboxylic acids is 3. The van der Waals surface area contributed by atoms with Crippen molar-refractivity contribution >= 4 is 39.9 Å². The van der Waals surface area contributed by atoms with Gasteiger partial charge >= 0.3 is 5.97 Å². The Balaban J connectivity index is 1.60. The summed E-state index contributed by atoms with van der Waals surface area (Å²) in [4.78, 5) is 47.4. The van der Waals surface area contributed by atoms with E-state index >= 15 is 0 Å². The Kier molecular flexibility index (Phi) is 6.21. The third-order valence-corrected chi connectivity index (χ3v) is 4.24. The van der Waals surface area contributed by atoms with E-state index in [1.165, 1.54) is 13.8 Å². The minimum absolute atomic E-state index is 0.194. The fourth-order valence-corrected chi connectivity index (χ4v) is 2.82. The number of hydrogen-bond donors (Lipinski definition) is 3. The first kappa shape index (κ1) is 20.7. The second-order valence-corrected chi connectivity index (χ2v) is 6.60. The van der Waals surface area contributed by atoms with Crippen molar-refractivity contribution in [2.24, 2.45) is 0 Å². The lowest BCUT2D eigenvalue weighted by atomic mass is 10.1. The minimum Gasteiger partial charge on any atom is -0.452 e. The van der Waals surface area contributed by atoms with Crippen LogP contribution in [0.5, 0.6) is 0 Å². The molecule has 9 heteroatoms. The van der Waals surface area contributed by atoms with Gasteiger partial charge < -0.3 is 15.4 Å². The lowest BCUT2D eigenvalue weighted by Crippen LogP contribution is -2.30. The zero-order chi connectivity index (χ0) is 21.7. The summed E-state index contributed by atoms with van der Waals surface area (Å²) >= 11 is 0. The van der Waals surface area contributed by atoms with Gasteiger partial charge in [-0.25, -0.2) is 5.10 Å².